The maximum absolute atomic E-state index is 14.0. The summed E-state index contributed by atoms with van der Waals surface area (Å²) >= 11 is 0. The van der Waals surface area contributed by atoms with Gasteiger partial charge in [-0.3, -0.25) is 14.4 Å². The maximum atomic E-state index is 14.0. The molecule has 3 saturated heterocycles. The number of hydrogen-bond donors (Lipinski definition) is 0. The maximum Gasteiger partial charge on any atom is 0.332 e. The van der Waals surface area contributed by atoms with Gasteiger partial charge in [0.05, 0.1) is 12.0 Å². The van der Waals surface area contributed by atoms with Crippen LogP contribution in [0.5, 0.6) is 0 Å². The molecule has 6 rings (SSSR count). The van der Waals surface area contributed by atoms with E-state index >= 15 is 0 Å². The third kappa shape index (κ3) is 2.11. The average Bonchev–Trinajstić information content (AvgIpc) is 3.45. The van der Waals surface area contributed by atoms with Gasteiger partial charge in [0.25, 0.3) is 0 Å². The molecule has 8 nitrogen and oxygen atoms in total. The molecule has 6 aliphatic rings. The minimum absolute atomic E-state index is 0.198. The molecule has 4 heterocycles. The molecule has 0 amide bonds. The van der Waals surface area contributed by atoms with Crippen molar-refractivity contribution in [1.82, 2.24) is 0 Å². The van der Waals surface area contributed by atoms with E-state index < -0.39 is 64.1 Å². The van der Waals surface area contributed by atoms with Crippen LogP contribution in [-0.2, 0) is 38.1 Å². The monoisotopic (exact) mass is 442 g/mol. The van der Waals surface area contributed by atoms with Crippen molar-refractivity contribution in [3.63, 3.8) is 0 Å². The number of carbonyl (C=O) groups excluding carboxylic acids is 4. The number of carbonyl (C=O) groups is 4. The second kappa shape index (κ2) is 5.59. The van der Waals surface area contributed by atoms with E-state index in [1.807, 2.05) is 6.92 Å². The molecule has 170 valence electrons. The van der Waals surface area contributed by atoms with Crippen LogP contribution in [0, 0.1) is 28.6 Å². The van der Waals surface area contributed by atoms with Gasteiger partial charge >= 0.3 is 11.9 Å². The molecule has 0 aromatic heterocycles. The number of cyclic esters (lactones) is 1. The minimum Gasteiger partial charge on any atom is -0.452 e. The van der Waals surface area contributed by atoms with Crippen molar-refractivity contribution >= 4 is 23.5 Å². The number of epoxide rings is 1. The summed E-state index contributed by atoms with van der Waals surface area (Å²) < 4.78 is 23.0. The van der Waals surface area contributed by atoms with Gasteiger partial charge < -0.3 is 18.9 Å². The Kier molecular flexibility index (Phi) is 3.55. The Morgan fingerprint density at radius 3 is 2.34 bits per heavy atom. The molecule has 0 radical (unpaired) electrons. The summed E-state index contributed by atoms with van der Waals surface area (Å²) in [6.07, 6.45) is 1.58. The van der Waals surface area contributed by atoms with E-state index in [-0.39, 0.29) is 11.6 Å². The van der Waals surface area contributed by atoms with Crippen LogP contribution in [0.2, 0.25) is 0 Å². The first-order valence-electron chi connectivity index (χ1n) is 11.1. The van der Waals surface area contributed by atoms with Crippen molar-refractivity contribution in [3.05, 3.63) is 23.3 Å². The van der Waals surface area contributed by atoms with Crippen molar-refractivity contribution < 1.29 is 38.1 Å². The molecule has 1 saturated carbocycles. The molecular weight excluding hydrogens is 416 g/mol. The largest absolute Gasteiger partial charge is 0.452 e. The fraction of sp³-hybridized carbons (Fsp3) is 0.667. The lowest BCUT2D eigenvalue weighted by Gasteiger charge is -2.56. The van der Waals surface area contributed by atoms with Crippen LogP contribution in [0.1, 0.15) is 41.0 Å². The van der Waals surface area contributed by atoms with Crippen molar-refractivity contribution in [1.29, 1.82) is 0 Å². The van der Waals surface area contributed by atoms with E-state index in [1.165, 1.54) is 12.2 Å². The highest BCUT2D eigenvalue weighted by Gasteiger charge is 2.77. The molecule has 2 aliphatic carbocycles. The predicted octanol–water partition coefficient (Wildman–Crippen LogP) is 1.66. The second-order valence-corrected chi connectivity index (χ2v) is 11.0. The van der Waals surface area contributed by atoms with Crippen LogP contribution in [-0.4, -0.2) is 53.7 Å². The third-order valence-corrected chi connectivity index (χ3v) is 8.96. The van der Waals surface area contributed by atoms with Gasteiger partial charge in [0.15, 0.2) is 11.6 Å². The van der Waals surface area contributed by atoms with E-state index in [9.17, 15) is 19.2 Å². The summed E-state index contributed by atoms with van der Waals surface area (Å²) in [4.78, 5) is 53.1. The second-order valence-electron chi connectivity index (χ2n) is 11.0. The number of ether oxygens (including phenoxy) is 4. The summed E-state index contributed by atoms with van der Waals surface area (Å²) in [5, 5.41) is 0. The Morgan fingerprint density at radius 2 is 1.69 bits per heavy atom. The smallest absolute Gasteiger partial charge is 0.332 e. The number of fused-ring (bicyclic) bond motifs is 5. The summed E-state index contributed by atoms with van der Waals surface area (Å²) in [7, 11) is 0. The molecule has 8 heteroatoms. The molecule has 0 unspecified atom stereocenters. The zero-order valence-corrected chi connectivity index (χ0v) is 18.7. The SMILES string of the molecule is C[C@H]1O[C@@H]2OC(=O)[C@]3(C)C[C@@H]4[C@](C)(C(=O)C=C5C(=CC(=O)OC5(C)C)[C@@]45CO5)[C@H](C1=O)[C@H]23. The molecule has 4 fully saturated rings. The van der Waals surface area contributed by atoms with Crippen LogP contribution in [0.4, 0.5) is 0 Å². The molecule has 0 aromatic rings. The fourth-order valence-electron chi connectivity index (χ4n) is 7.17. The molecule has 1 spiro atoms. The standard InChI is InChI=1S/C24H26O8/c1-10-18(27)16-17-19(30-10)31-20(28)22(17,4)8-13-23(16,5)14(25)6-11-12(24(13)9-29-24)7-15(26)32-21(11,2)3/h6-7,10,13,16-17,19H,8-9H2,1-5H3/t10-,13-,16+,17-,19-,22-,23-,24+/m1/s1. The van der Waals surface area contributed by atoms with Gasteiger partial charge in [-0.2, -0.15) is 0 Å². The topological polar surface area (TPSA) is 108 Å². The lowest BCUT2D eigenvalue weighted by atomic mass is 9.45. The van der Waals surface area contributed by atoms with Gasteiger partial charge in [0.1, 0.15) is 17.3 Å². The first-order valence-corrected chi connectivity index (χ1v) is 11.1. The molecule has 0 N–H and O–H groups in total. The number of Topliss-reactive ketones (excluding diaryl/α,β-unsaturated/α-hetero) is 1. The van der Waals surface area contributed by atoms with E-state index in [0.717, 1.165) is 0 Å². The predicted molar refractivity (Wildman–Crippen MR) is 107 cm³/mol. The third-order valence-electron chi connectivity index (χ3n) is 8.96. The summed E-state index contributed by atoms with van der Waals surface area (Å²) in [6, 6.07) is 0. The van der Waals surface area contributed by atoms with Gasteiger partial charge in [-0.15, -0.1) is 0 Å². The normalized spacial score (nSPS) is 50.3. The first kappa shape index (κ1) is 20.3. The van der Waals surface area contributed by atoms with Crippen molar-refractivity contribution in [2.45, 2.75) is 64.6 Å². The zero-order chi connectivity index (χ0) is 23.0. The van der Waals surface area contributed by atoms with Gasteiger partial charge in [0, 0.05) is 40.4 Å². The van der Waals surface area contributed by atoms with Gasteiger partial charge in [-0.25, -0.2) is 4.79 Å². The molecule has 8 atom stereocenters. The van der Waals surface area contributed by atoms with E-state index in [2.05, 4.69) is 0 Å². The van der Waals surface area contributed by atoms with Crippen LogP contribution in [0.15, 0.2) is 23.3 Å². The molecule has 4 aliphatic heterocycles. The number of ketones is 2. The molecule has 0 bridgehead atoms. The van der Waals surface area contributed by atoms with Gasteiger partial charge in [0.2, 0.25) is 6.29 Å². The molecule has 32 heavy (non-hydrogen) atoms. The fourth-order valence-corrected chi connectivity index (χ4v) is 7.17. The van der Waals surface area contributed by atoms with Gasteiger partial charge in [-0.1, -0.05) is 6.92 Å². The Labute approximate surface area is 185 Å². The number of esters is 2. The lowest BCUT2D eigenvalue weighted by Crippen LogP contribution is -2.65. The molecule has 0 aromatic carbocycles. The Balaban J connectivity index is 1.62. The quantitative estimate of drug-likeness (QED) is 0.412. The van der Waals surface area contributed by atoms with E-state index in [1.54, 1.807) is 27.7 Å². The molecular formula is C24H26O8. The van der Waals surface area contributed by atoms with Crippen LogP contribution < -0.4 is 0 Å². The lowest BCUT2D eigenvalue weighted by molar-refractivity contribution is -0.221. The highest BCUT2D eigenvalue weighted by Crippen LogP contribution is 2.69. The zero-order valence-electron chi connectivity index (χ0n) is 18.7. The Morgan fingerprint density at radius 1 is 1.00 bits per heavy atom. The summed E-state index contributed by atoms with van der Waals surface area (Å²) in [5.74, 6) is -3.14. The summed E-state index contributed by atoms with van der Waals surface area (Å²) in [5.41, 5.74) is -2.88. The van der Waals surface area contributed by atoms with Crippen molar-refractivity contribution in [2.75, 3.05) is 6.61 Å². The van der Waals surface area contributed by atoms with E-state index in [4.69, 9.17) is 18.9 Å². The summed E-state index contributed by atoms with van der Waals surface area (Å²) in [6.45, 7) is 9.04. The van der Waals surface area contributed by atoms with Crippen LogP contribution in [0.3, 0.4) is 0 Å². The van der Waals surface area contributed by atoms with Crippen molar-refractivity contribution in [2.24, 2.45) is 28.6 Å². The number of hydrogen-bond acceptors (Lipinski definition) is 8. The number of rotatable bonds is 0. The Bertz CT molecular complexity index is 1080. The average molecular weight is 442 g/mol. The van der Waals surface area contributed by atoms with Crippen molar-refractivity contribution in [3.8, 4) is 0 Å². The number of allylic oxidation sites excluding steroid dienone is 1. The minimum atomic E-state index is -1.15. The first-order chi connectivity index (χ1) is 14.9. The van der Waals surface area contributed by atoms with E-state index in [0.29, 0.717) is 24.2 Å². The van der Waals surface area contributed by atoms with Crippen LogP contribution in [0.25, 0.3) is 0 Å². The van der Waals surface area contributed by atoms with Gasteiger partial charge in [-0.05, 0) is 40.2 Å². The highest BCUT2D eigenvalue weighted by molar-refractivity contribution is 6.04. The van der Waals surface area contributed by atoms with Crippen LogP contribution >= 0.6 is 0 Å². The highest BCUT2D eigenvalue weighted by atomic mass is 16.7. The Hall–Kier alpha value is -2.32.